The van der Waals surface area contributed by atoms with E-state index in [9.17, 15) is 0 Å². The van der Waals surface area contributed by atoms with Crippen LogP contribution in [0.25, 0.3) is 0 Å². The molecule has 0 amide bonds. The first-order chi connectivity index (χ1) is 3.30. The molecule has 1 aliphatic heterocycles. The highest BCUT2D eigenvalue weighted by atomic mass is 35.5. The number of hydrogen-bond acceptors (Lipinski definition) is 2. The van der Waals surface area contributed by atoms with Crippen molar-refractivity contribution in [3.63, 3.8) is 0 Å². The Labute approximate surface area is 47.8 Å². The van der Waals surface area contributed by atoms with Gasteiger partial charge in [0, 0.05) is 7.05 Å². The molecule has 3 heteroatoms. The smallest absolute Gasteiger partial charge is 0.194 e. The Bertz CT molecular complexity index is 99.9. The first kappa shape index (κ1) is 4.91. The maximum atomic E-state index is 5.51. The third kappa shape index (κ3) is 0.855. The van der Waals surface area contributed by atoms with E-state index in [0.29, 0.717) is 5.29 Å². The molecule has 2 nitrogen and oxygen atoms in total. The van der Waals surface area contributed by atoms with Crippen molar-refractivity contribution in [3.05, 3.63) is 6.54 Å². The minimum absolute atomic E-state index is 0.583. The summed E-state index contributed by atoms with van der Waals surface area (Å²) < 4.78 is 0. The molecule has 0 fully saturated rings. The van der Waals surface area contributed by atoms with Crippen molar-refractivity contribution in [2.24, 2.45) is 4.99 Å². The Morgan fingerprint density at radius 1 is 2.00 bits per heavy atom. The molecule has 0 N–H and O–H groups in total. The SMILES string of the molecule is CN1[CH]CN=C1Cl. The fraction of sp³-hybridized carbons (Fsp3) is 0.500. The predicted octanol–water partition coefficient (Wildman–Crippen LogP) is 0.688. The monoisotopic (exact) mass is 117 g/mol. The summed E-state index contributed by atoms with van der Waals surface area (Å²) in [6.07, 6.45) is 0. The van der Waals surface area contributed by atoms with Crippen LogP contribution in [-0.2, 0) is 0 Å². The van der Waals surface area contributed by atoms with Crippen molar-refractivity contribution >= 4 is 16.9 Å². The van der Waals surface area contributed by atoms with Gasteiger partial charge < -0.3 is 4.90 Å². The number of amidine groups is 1. The van der Waals surface area contributed by atoms with Crippen molar-refractivity contribution in [2.75, 3.05) is 13.6 Å². The van der Waals surface area contributed by atoms with E-state index < -0.39 is 0 Å². The van der Waals surface area contributed by atoms with Gasteiger partial charge in [0.2, 0.25) is 0 Å². The van der Waals surface area contributed by atoms with Gasteiger partial charge in [-0.1, -0.05) is 0 Å². The second-order valence-corrected chi connectivity index (χ2v) is 1.74. The van der Waals surface area contributed by atoms with Gasteiger partial charge in [-0.15, -0.1) is 0 Å². The summed E-state index contributed by atoms with van der Waals surface area (Å²) in [7, 11) is 1.87. The van der Waals surface area contributed by atoms with Crippen LogP contribution in [0.1, 0.15) is 0 Å². The molecule has 0 aromatic rings. The molecular formula is C4H6ClN2. The molecule has 1 radical (unpaired) electrons. The quantitative estimate of drug-likeness (QED) is 0.426. The van der Waals surface area contributed by atoms with Crippen LogP contribution in [0, 0.1) is 6.54 Å². The van der Waals surface area contributed by atoms with Gasteiger partial charge in [0.1, 0.15) is 0 Å². The van der Waals surface area contributed by atoms with E-state index in [2.05, 4.69) is 4.99 Å². The van der Waals surface area contributed by atoms with E-state index in [0.717, 1.165) is 6.54 Å². The summed E-state index contributed by atoms with van der Waals surface area (Å²) in [6.45, 7) is 2.65. The Morgan fingerprint density at radius 3 is 2.86 bits per heavy atom. The zero-order valence-corrected chi connectivity index (χ0v) is 4.81. The van der Waals surface area contributed by atoms with Gasteiger partial charge in [0.15, 0.2) is 5.29 Å². The largest absolute Gasteiger partial charge is 0.343 e. The third-order valence-electron chi connectivity index (χ3n) is 0.868. The number of aliphatic imine (C=N–C) groups is 1. The molecular weight excluding hydrogens is 112 g/mol. The number of rotatable bonds is 0. The van der Waals surface area contributed by atoms with Gasteiger partial charge in [-0.2, -0.15) is 0 Å². The molecule has 7 heavy (non-hydrogen) atoms. The van der Waals surface area contributed by atoms with E-state index in [1.54, 1.807) is 4.90 Å². The van der Waals surface area contributed by atoms with E-state index in [-0.39, 0.29) is 0 Å². The average molecular weight is 118 g/mol. The Balaban J connectivity index is 2.54. The summed E-state index contributed by atoms with van der Waals surface area (Å²) >= 11 is 5.51. The van der Waals surface area contributed by atoms with Crippen LogP contribution in [0.3, 0.4) is 0 Å². The minimum Gasteiger partial charge on any atom is -0.343 e. The highest BCUT2D eigenvalue weighted by molar-refractivity contribution is 6.64. The van der Waals surface area contributed by atoms with Crippen molar-refractivity contribution in [2.45, 2.75) is 0 Å². The number of likely N-dealkylation sites (N-methyl/N-ethyl adjacent to an activating group) is 1. The lowest BCUT2D eigenvalue weighted by Crippen LogP contribution is -2.12. The second kappa shape index (κ2) is 1.70. The summed E-state index contributed by atoms with van der Waals surface area (Å²) in [5.74, 6) is 0. The van der Waals surface area contributed by atoms with E-state index in [4.69, 9.17) is 11.6 Å². The van der Waals surface area contributed by atoms with Crippen LogP contribution >= 0.6 is 11.6 Å². The molecule has 0 aliphatic carbocycles. The Hall–Kier alpha value is -0.240. The summed E-state index contributed by atoms with van der Waals surface area (Å²) in [6, 6.07) is 0. The van der Waals surface area contributed by atoms with Crippen LogP contribution in [0.5, 0.6) is 0 Å². The van der Waals surface area contributed by atoms with E-state index in [1.165, 1.54) is 0 Å². The topological polar surface area (TPSA) is 15.6 Å². The summed E-state index contributed by atoms with van der Waals surface area (Å²) in [4.78, 5) is 5.66. The molecule has 1 heterocycles. The Morgan fingerprint density at radius 2 is 2.71 bits per heavy atom. The van der Waals surface area contributed by atoms with Gasteiger partial charge in [0.05, 0.1) is 13.1 Å². The van der Waals surface area contributed by atoms with E-state index in [1.807, 2.05) is 13.6 Å². The highest BCUT2D eigenvalue weighted by Gasteiger charge is 2.07. The van der Waals surface area contributed by atoms with Gasteiger partial charge in [-0.25, -0.2) is 0 Å². The van der Waals surface area contributed by atoms with Crippen LogP contribution in [0.2, 0.25) is 0 Å². The van der Waals surface area contributed by atoms with Crippen molar-refractivity contribution in [1.82, 2.24) is 4.90 Å². The number of hydrogen-bond donors (Lipinski definition) is 0. The number of nitrogens with zero attached hydrogens (tertiary/aromatic N) is 2. The van der Waals surface area contributed by atoms with Crippen molar-refractivity contribution < 1.29 is 0 Å². The average Bonchev–Trinajstić information content (AvgIpc) is 1.91. The van der Waals surface area contributed by atoms with Crippen LogP contribution in [0.4, 0.5) is 0 Å². The summed E-state index contributed by atoms with van der Waals surface area (Å²) in [5, 5.41) is 0.583. The van der Waals surface area contributed by atoms with Gasteiger partial charge in [-0.05, 0) is 11.6 Å². The molecule has 0 aromatic heterocycles. The Kier molecular flexibility index (Phi) is 1.19. The molecule has 39 valence electrons. The zero-order chi connectivity index (χ0) is 5.28. The van der Waals surface area contributed by atoms with Crippen LogP contribution < -0.4 is 0 Å². The maximum Gasteiger partial charge on any atom is 0.194 e. The molecule has 0 saturated carbocycles. The molecule has 1 rings (SSSR count). The first-order valence-corrected chi connectivity index (χ1v) is 2.44. The highest BCUT2D eigenvalue weighted by Crippen LogP contribution is 2.03. The molecule has 0 spiro atoms. The minimum atomic E-state index is 0.583. The lowest BCUT2D eigenvalue weighted by atomic mass is 10.6. The molecule has 0 aromatic carbocycles. The van der Waals surface area contributed by atoms with Crippen LogP contribution in [-0.4, -0.2) is 23.8 Å². The lowest BCUT2D eigenvalue weighted by Gasteiger charge is -2.04. The molecule has 0 saturated heterocycles. The fourth-order valence-electron chi connectivity index (χ4n) is 0.425. The summed E-state index contributed by atoms with van der Waals surface area (Å²) in [5.41, 5.74) is 0. The molecule has 1 aliphatic rings. The molecule has 0 bridgehead atoms. The van der Waals surface area contributed by atoms with Gasteiger partial charge >= 0.3 is 0 Å². The second-order valence-electron chi connectivity index (χ2n) is 1.40. The zero-order valence-electron chi connectivity index (χ0n) is 4.06. The van der Waals surface area contributed by atoms with Crippen molar-refractivity contribution in [1.29, 1.82) is 0 Å². The normalized spacial score (nSPS) is 20.3. The van der Waals surface area contributed by atoms with Gasteiger partial charge in [0.25, 0.3) is 0 Å². The fourth-order valence-corrected chi connectivity index (χ4v) is 0.564. The predicted molar refractivity (Wildman–Crippen MR) is 30.2 cm³/mol. The van der Waals surface area contributed by atoms with Gasteiger partial charge in [-0.3, -0.25) is 4.99 Å². The number of halogens is 1. The third-order valence-corrected chi connectivity index (χ3v) is 1.25. The molecule has 0 atom stereocenters. The first-order valence-electron chi connectivity index (χ1n) is 2.07. The van der Waals surface area contributed by atoms with E-state index >= 15 is 0 Å². The maximum absolute atomic E-state index is 5.51. The van der Waals surface area contributed by atoms with Crippen molar-refractivity contribution in [3.8, 4) is 0 Å². The standard InChI is InChI=1S/C4H6ClN2/c1-7-3-2-6-4(7)5/h3H,2H2,1H3. The van der Waals surface area contributed by atoms with Crippen LogP contribution in [0.15, 0.2) is 4.99 Å². The lowest BCUT2D eigenvalue weighted by molar-refractivity contribution is 0.650. The molecule has 0 unspecified atom stereocenters.